The monoisotopic (exact) mass is 545 g/mol. The van der Waals surface area contributed by atoms with Crippen LogP contribution in [0.25, 0.3) is 98.3 Å². The summed E-state index contributed by atoms with van der Waals surface area (Å²) < 4.78 is 6.08. The molecule has 0 spiro atoms. The molecule has 0 saturated carbocycles. The molecule has 10 rings (SSSR count). The summed E-state index contributed by atoms with van der Waals surface area (Å²) in [6.07, 6.45) is 0. The Morgan fingerprint density at radius 1 is 0.326 bits per heavy atom. The summed E-state index contributed by atoms with van der Waals surface area (Å²) in [5.74, 6) is 0. The molecule has 0 aliphatic rings. The predicted octanol–water partition coefficient (Wildman–Crippen LogP) is 11.5. The van der Waals surface area contributed by atoms with Crippen LogP contribution in [0.1, 0.15) is 0 Å². The summed E-state index contributed by atoms with van der Waals surface area (Å²) >= 11 is 0. The molecule has 0 unspecified atom stereocenters. The molecule has 0 saturated heterocycles. The summed E-state index contributed by atoms with van der Waals surface area (Å²) in [5, 5.41) is 15.2. The number of pyridine rings is 1. The van der Waals surface area contributed by atoms with Crippen LogP contribution < -0.4 is 0 Å². The van der Waals surface area contributed by atoms with Gasteiger partial charge in [0.2, 0.25) is 0 Å². The Morgan fingerprint density at radius 3 is 1.47 bits per heavy atom. The fourth-order valence-electron chi connectivity index (χ4n) is 7.30. The average molecular weight is 546 g/mol. The first-order valence-electron chi connectivity index (χ1n) is 14.7. The van der Waals surface area contributed by atoms with Crippen LogP contribution in [0.5, 0.6) is 0 Å². The Labute approximate surface area is 246 Å². The zero-order chi connectivity index (χ0) is 28.1. The van der Waals surface area contributed by atoms with Gasteiger partial charge in [-0.05, 0) is 102 Å². The molecule has 0 atom stereocenters. The van der Waals surface area contributed by atoms with Gasteiger partial charge in [-0.2, -0.15) is 0 Å². The highest BCUT2D eigenvalue weighted by Gasteiger charge is 2.18. The minimum Gasteiger partial charge on any atom is -0.456 e. The van der Waals surface area contributed by atoms with Crippen molar-refractivity contribution >= 4 is 75.8 Å². The molecule has 2 heteroatoms. The van der Waals surface area contributed by atoms with Gasteiger partial charge in [0, 0.05) is 21.9 Å². The third-order valence-corrected chi connectivity index (χ3v) is 9.18. The van der Waals surface area contributed by atoms with Gasteiger partial charge in [-0.1, -0.05) is 91.0 Å². The van der Waals surface area contributed by atoms with Crippen molar-refractivity contribution in [2.24, 2.45) is 0 Å². The van der Waals surface area contributed by atoms with Gasteiger partial charge >= 0.3 is 0 Å². The second-order valence-corrected chi connectivity index (χ2v) is 11.5. The first-order valence-corrected chi connectivity index (χ1v) is 14.7. The highest BCUT2D eigenvalue weighted by molar-refractivity contribution is 6.40. The van der Waals surface area contributed by atoms with Crippen molar-refractivity contribution in [1.29, 1.82) is 0 Å². The van der Waals surface area contributed by atoms with Gasteiger partial charge in [0.15, 0.2) is 0 Å². The van der Waals surface area contributed by atoms with Crippen molar-refractivity contribution in [2.75, 3.05) is 0 Å². The third kappa shape index (κ3) is 3.15. The van der Waals surface area contributed by atoms with Gasteiger partial charge in [0.1, 0.15) is 11.2 Å². The molecule has 0 aliphatic carbocycles. The van der Waals surface area contributed by atoms with Gasteiger partial charge in [-0.3, -0.25) is 0 Å². The molecule has 2 heterocycles. The molecular weight excluding hydrogens is 522 g/mol. The summed E-state index contributed by atoms with van der Waals surface area (Å²) in [6, 6.07) is 50.0. The number of rotatable bonds is 2. The van der Waals surface area contributed by atoms with E-state index in [9.17, 15) is 0 Å². The van der Waals surface area contributed by atoms with Crippen LogP contribution in [0.3, 0.4) is 0 Å². The Morgan fingerprint density at radius 2 is 0.791 bits per heavy atom. The first-order chi connectivity index (χ1) is 21.3. The lowest BCUT2D eigenvalue weighted by Gasteiger charge is -2.18. The average Bonchev–Trinajstić information content (AvgIpc) is 3.46. The van der Waals surface area contributed by atoms with Crippen molar-refractivity contribution in [3.63, 3.8) is 0 Å². The van der Waals surface area contributed by atoms with Crippen LogP contribution in [-0.2, 0) is 0 Å². The zero-order valence-electron chi connectivity index (χ0n) is 23.1. The molecule has 198 valence electrons. The Bertz CT molecular complexity index is 2630. The topological polar surface area (TPSA) is 26.0 Å². The van der Waals surface area contributed by atoms with Crippen molar-refractivity contribution in [3.05, 3.63) is 140 Å². The van der Waals surface area contributed by atoms with E-state index in [0.717, 1.165) is 44.5 Å². The minimum absolute atomic E-state index is 0.895. The van der Waals surface area contributed by atoms with E-state index in [0.29, 0.717) is 0 Å². The van der Waals surface area contributed by atoms with E-state index in [4.69, 9.17) is 9.40 Å². The first kappa shape index (κ1) is 22.9. The number of benzene rings is 8. The van der Waals surface area contributed by atoms with Crippen molar-refractivity contribution in [2.45, 2.75) is 0 Å². The van der Waals surface area contributed by atoms with E-state index in [1.54, 1.807) is 0 Å². The number of furan rings is 1. The number of nitrogens with zero attached hydrogens (tertiary/aromatic N) is 1. The molecule has 43 heavy (non-hydrogen) atoms. The fourth-order valence-corrected chi connectivity index (χ4v) is 7.30. The number of fused-ring (bicyclic) bond motifs is 9. The van der Waals surface area contributed by atoms with Gasteiger partial charge in [-0.25, -0.2) is 4.98 Å². The Hall–Kier alpha value is -5.73. The zero-order valence-corrected chi connectivity index (χ0v) is 23.1. The lowest BCUT2D eigenvalue weighted by atomic mass is 9.85. The van der Waals surface area contributed by atoms with Crippen LogP contribution in [0.4, 0.5) is 0 Å². The quantitative estimate of drug-likeness (QED) is 0.159. The van der Waals surface area contributed by atoms with Crippen LogP contribution in [0, 0.1) is 0 Å². The number of hydrogen-bond acceptors (Lipinski definition) is 2. The predicted molar refractivity (Wildman–Crippen MR) is 181 cm³/mol. The molecular formula is C41H23NO. The van der Waals surface area contributed by atoms with E-state index in [1.807, 2.05) is 12.1 Å². The van der Waals surface area contributed by atoms with Crippen LogP contribution in [0.15, 0.2) is 144 Å². The summed E-state index contributed by atoms with van der Waals surface area (Å²) in [7, 11) is 0. The minimum atomic E-state index is 0.895. The molecule has 8 aromatic carbocycles. The number of aromatic nitrogens is 1. The smallest absolute Gasteiger partial charge is 0.135 e. The normalized spacial score (nSPS) is 12.2. The van der Waals surface area contributed by atoms with Crippen molar-refractivity contribution < 1.29 is 4.42 Å². The third-order valence-electron chi connectivity index (χ3n) is 9.18. The standard InChI is InChI=1S/C41H23NO/c1-3-11-28-26(9-1)31-14-7-15-32-27-10-2-4-12-29(27)35-23-25(22-34(28)41(35)40(31)32)37-17-8-16-36(42-37)24-19-20-39-33(21-24)30-13-5-6-18-38(30)43-39/h1-23H. The SMILES string of the molecule is c1cc(-c2ccc3oc4ccccc4c3c2)nc(-c2cc3c4ccccc4c4cccc5c6ccccc6c(c2)c3c45)c1. The molecule has 0 N–H and O–H groups in total. The molecule has 0 radical (unpaired) electrons. The summed E-state index contributed by atoms with van der Waals surface area (Å²) in [4.78, 5) is 5.25. The Balaban J connectivity index is 1.27. The Kier molecular flexibility index (Phi) is 4.48. The second-order valence-electron chi connectivity index (χ2n) is 11.5. The van der Waals surface area contributed by atoms with Gasteiger partial charge < -0.3 is 4.42 Å². The molecule has 0 amide bonds. The van der Waals surface area contributed by atoms with E-state index < -0.39 is 0 Å². The molecule has 0 bridgehead atoms. The number of hydrogen-bond donors (Lipinski definition) is 0. The van der Waals surface area contributed by atoms with Crippen molar-refractivity contribution in [1.82, 2.24) is 4.98 Å². The van der Waals surface area contributed by atoms with Gasteiger partial charge in [0.25, 0.3) is 0 Å². The largest absolute Gasteiger partial charge is 0.456 e. The lowest BCUT2D eigenvalue weighted by molar-refractivity contribution is 0.669. The van der Waals surface area contributed by atoms with Crippen LogP contribution in [0.2, 0.25) is 0 Å². The molecule has 2 aromatic heterocycles. The summed E-state index contributed by atoms with van der Waals surface area (Å²) in [5.41, 5.74) is 5.92. The van der Waals surface area contributed by atoms with E-state index in [2.05, 4.69) is 127 Å². The summed E-state index contributed by atoms with van der Waals surface area (Å²) in [6.45, 7) is 0. The van der Waals surface area contributed by atoms with E-state index in [1.165, 1.54) is 53.9 Å². The van der Waals surface area contributed by atoms with Gasteiger partial charge in [0.05, 0.1) is 11.4 Å². The lowest BCUT2D eigenvalue weighted by Crippen LogP contribution is -1.92. The van der Waals surface area contributed by atoms with Crippen LogP contribution in [-0.4, -0.2) is 4.98 Å². The highest BCUT2D eigenvalue weighted by atomic mass is 16.3. The van der Waals surface area contributed by atoms with Gasteiger partial charge in [-0.15, -0.1) is 0 Å². The van der Waals surface area contributed by atoms with Crippen molar-refractivity contribution in [3.8, 4) is 22.5 Å². The maximum atomic E-state index is 6.08. The maximum Gasteiger partial charge on any atom is 0.135 e. The molecule has 0 aliphatic heterocycles. The molecule has 2 nitrogen and oxygen atoms in total. The number of para-hydroxylation sites is 1. The fraction of sp³-hybridized carbons (Fsp3) is 0. The van der Waals surface area contributed by atoms with E-state index in [-0.39, 0.29) is 0 Å². The van der Waals surface area contributed by atoms with Crippen LogP contribution >= 0.6 is 0 Å². The molecule has 10 aromatic rings. The molecule has 0 fully saturated rings. The maximum absolute atomic E-state index is 6.08. The van der Waals surface area contributed by atoms with E-state index >= 15 is 0 Å². The highest BCUT2D eigenvalue weighted by Crippen LogP contribution is 2.46. The second kappa shape index (κ2) is 8.40.